The Morgan fingerprint density at radius 3 is 2.17 bits per heavy atom. The first-order valence-corrected chi connectivity index (χ1v) is 30.1. The van der Waals surface area contributed by atoms with Crippen LogP contribution in [0.3, 0.4) is 0 Å². The number of ether oxygens (including phenoxy) is 3. The van der Waals surface area contributed by atoms with Crippen molar-refractivity contribution in [3.63, 3.8) is 0 Å². The first-order chi connectivity index (χ1) is 41.0. The van der Waals surface area contributed by atoms with E-state index in [9.17, 15) is 35.2 Å². The van der Waals surface area contributed by atoms with Gasteiger partial charge in [-0.05, 0) is 126 Å². The summed E-state index contributed by atoms with van der Waals surface area (Å²) in [5, 5.41) is 53.3. The van der Waals surface area contributed by atoms with Crippen LogP contribution in [0.15, 0.2) is 145 Å². The number of fused-ring (bicyclic) bond motifs is 3. The maximum atomic E-state index is 15.6. The number of unbranched alkanes of at least 4 members (excludes halogenated alkanes) is 11. The topological polar surface area (TPSA) is 225 Å². The summed E-state index contributed by atoms with van der Waals surface area (Å²) in [7, 11) is 0. The third-order valence-corrected chi connectivity index (χ3v) is 16.6. The highest BCUT2D eigenvalue weighted by atomic mass is 16.7. The molecule has 3 aliphatic rings. The van der Waals surface area contributed by atoms with Crippen LogP contribution in [-0.4, -0.2) is 80.9 Å². The summed E-state index contributed by atoms with van der Waals surface area (Å²) >= 11 is 0. The fourth-order valence-electron chi connectivity index (χ4n) is 12.5. The number of benzene rings is 5. The van der Waals surface area contributed by atoms with E-state index in [0.717, 1.165) is 46.7 Å². The van der Waals surface area contributed by atoms with E-state index in [1.807, 2.05) is 48.5 Å². The highest BCUT2D eigenvalue weighted by molar-refractivity contribution is 6.03. The zero-order valence-corrected chi connectivity index (χ0v) is 48.3. The quantitative estimate of drug-likeness (QED) is 0.0117. The SMILES string of the molecule is C=CCOC12Oc3ccc(OC(=O)NCCCCCCCCCCCC)cc3C3C(CCCCO)C(CCCCO)C=C(C(=NOCc4ccc([N+](=O)[O-])cc4)CC1N(Cc1cccc4ccccc14)C(=O)C=Cc1ccc([N+](=O)[O-])cc1)C32. The summed E-state index contributed by atoms with van der Waals surface area (Å²) < 4.78 is 20.9. The maximum absolute atomic E-state index is 15.6. The molecule has 3 N–H and O–H groups in total. The Bertz CT molecular complexity index is 3100. The molecule has 0 spiro atoms. The number of oxime groups is 1. The molecular weight excluding hydrogens is 1070 g/mol. The molecule has 17 heteroatoms. The van der Waals surface area contributed by atoms with Gasteiger partial charge < -0.3 is 39.5 Å². The third kappa shape index (κ3) is 15.9. The van der Waals surface area contributed by atoms with Crippen molar-refractivity contribution >= 4 is 45.9 Å². The van der Waals surface area contributed by atoms with Gasteiger partial charge in [-0.2, -0.15) is 0 Å². The van der Waals surface area contributed by atoms with E-state index < -0.39 is 45.5 Å². The number of hydrogen-bond acceptors (Lipinski definition) is 13. The van der Waals surface area contributed by atoms with Crippen LogP contribution >= 0.6 is 0 Å². The van der Waals surface area contributed by atoms with Gasteiger partial charge in [0, 0.05) is 74.5 Å². The van der Waals surface area contributed by atoms with E-state index in [1.165, 1.54) is 75.3 Å². The average molecular weight is 1150 g/mol. The Labute approximate surface area is 492 Å². The van der Waals surface area contributed by atoms with Gasteiger partial charge in [0.15, 0.2) is 0 Å². The number of allylic oxidation sites excluding steroid dienone is 1. The average Bonchev–Trinajstić information content (AvgIpc) is 0.773. The van der Waals surface area contributed by atoms with Crippen LogP contribution < -0.4 is 14.8 Å². The Morgan fingerprint density at radius 1 is 0.810 bits per heavy atom. The molecule has 84 heavy (non-hydrogen) atoms. The van der Waals surface area contributed by atoms with Gasteiger partial charge in [-0.25, -0.2) is 4.79 Å². The lowest BCUT2D eigenvalue weighted by Crippen LogP contribution is -2.70. The second kappa shape index (κ2) is 31.2. The molecule has 1 fully saturated rings. The molecule has 2 aliphatic carbocycles. The third-order valence-electron chi connectivity index (χ3n) is 16.6. The number of carbonyl (C=O) groups is 2. The number of nitrogens with one attached hydrogen (secondary N) is 1. The predicted molar refractivity (Wildman–Crippen MR) is 325 cm³/mol. The molecule has 8 rings (SSSR count). The Hall–Kier alpha value is -7.73. The minimum absolute atomic E-state index is 0.000991. The van der Waals surface area contributed by atoms with Gasteiger partial charge in [-0.15, -0.1) is 6.58 Å². The minimum Gasteiger partial charge on any atom is -0.459 e. The lowest BCUT2D eigenvalue weighted by Gasteiger charge is -2.60. The van der Waals surface area contributed by atoms with Crippen LogP contribution in [0.4, 0.5) is 16.2 Å². The van der Waals surface area contributed by atoms with Crippen LogP contribution in [0.5, 0.6) is 11.5 Å². The standard InChI is InChI=1S/C67H81N5O12/c1-3-5-6-7-8-9-10-11-12-17-39-68-66(76)83-55-36-37-61-59(44-55)64-57(26-16-19-41-74)51(22-15-18-40-73)43-58-60(69-82-47-49-29-34-54(35-30-49)72(79)80)45-62(67(84-61,65(58)64)81-42-4-2)70(46-52-24-20-23-50-21-13-14-25-56(50)52)63(75)38-31-48-27-32-53(33-28-48)71(77)78/h4,13-14,20-21,23-25,27-38,43-44,51,57,62,64-65,73-74H,2-3,5-12,15-19,22,26,39-42,45-47H2,1H3,(H,68,76). The second-order valence-corrected chi connectivity index (χ2v) is 22.3. The highest BCUT2D eigenvalue weighted by Gasteiger charge is 2.65. The number of carbonyl (C=O) groups excluding carboxylic acids is 2. The van der Waals surface area contributed by atoms with Crippen molar-refractivity contribution in [1.29, 1.82) is 0 Å². The first-order valence-electron chi connectivity index (χ1n) is 30.1. The molecule has 446 valence electrons. The van der Waals surface area contributed by atoms with Crippen molar-refractivity contribution in [3.8, 4) is 11.5 Å². The Balaban J connectivity index is 1.24. The molecule has 0 radical (unpaired) electrons. The van der Waals surface area contributed by atoms with Crippen molar-refractivity contribution in [2.24, 2.45) is 22.9 Å². The molecule has 1 saturated carbocycles. The number of hydrogen-bond donors (Lipinski definition) is 3. The van der Waals surface area contributed by atoms with Gasteiger partial charge in [-0.3, -0.25) is 25.0 Å². The lowest BCUT2D eigenvalue weighted by molar-refractivity contribution is -0.385. The van der Waals surface area contributed by atoms with E-state index >= 15 is 4.79 Å². The summed E-state index contributed by atoms with van der Waals surface area (Å²) in [6, 6.07) is 30.3. The molecule has 0 bridgehead atoms. The fourth-order valence-corrected chi connectivity index (χ4v) is 12.5. The van der Waals surface area contributed by atoms with Crippen molar-refractivity contribution in [2.75, 3.05) is 26.4 Å². The zero-order chi connectivity index (χ0) is 59.3. The molecule has 1 aliphatic heterocycles. The molecule has 0 saturated heterocycles. The smallest absolute Gasteiger partial charge is 0.412 e. The number of aliphatic hydroxyl groups is 2. The van der Waals surface area contributed by atoms with Crippen LogP contribution in [0.1, 0.15) is 144 Å². The summed E-state index contributed by atoms with van der Waals surface area (Å²) in [5.74, 6) is -2.67. The van der Waals surface area contributed by atoms with Crippen LogP contribution in [0.25, 0.3) is 16.8 Å². The van der Waals surface area contributed by atoms with Gasteiger partial charge in [0.1, 0.15) is 24.1 Å². The van der Waals surface area contributed by atoms with Crippen molar-refractivity contribution < 1.29 is 48.7 Å². The largest absolute Gasteiger partial charge is 0.459 e. The number of aliphatic hydroxyl groups excluding tert-OH is 2. The van der Waals surface area contributed by atoms with Crippen molar-refractivity contribution in [3.05, 3.63) is 182 Å². The molecule has 0 aromatic heterocycles. The predicted octanol–water partition coefficient (Wildman–Crippen LogP) is 14.2. The summed E-state index contributed by atoms with van der Waals surface area (Å²) in [5.41, 5.74) is 3.96. The summed E-state index contributed by atoms with van der Waals surface area (Å²) in [6.45, 7) is 6.85. The van der Waals surface area contributed by atoms with E-state index in [2.05, 4.69) is 24.9 Å². The number of nitro groups is 2. The minimum atomic E-state index is -1.66. The maximum Gasteiger partial charge on any atom is 0.412 e. The molecule has 6 unspecified atom stereocenters. The van der Waals surface area contributed by atoms with Crippen LogP contribution in [0.2, 0.25) is 0 Å². The molecule has 1 heterocycles. The summed E-state index contributed by atoms with van der Waals surface area (Å²) in [4.78, 5) is 59.5. The molecule has 2 amide bonds. The first kappa shape index (κ1) is 62.3. The Morgan fingerprint density at radius 2 is 1.48 bits per heavy atom. The molecule has 5 aromatic carbocycles. The van der Waals surface area contributed by atoms with E-state index in [0.29, 0.717) is 73.4 Å². The lowest BCUT2D eigenvalue weighted by atomic mass is 9.55. The van der Waals surface area contributed by atoms with E-state index in [-0.39, 0.29) is 62.6 Å². The molecule has 6 atom stereocenters. The fraction of sp³-hybridized carbons (Fsp3) is 0.448. The number of amides is 2. The van der Waals surface area contributed by atoms with Gasteiger partial charge in [0.05, 0.1) is 28.1 Å². The highest BCUT2D eigenvalue weighted by Crippen LogP contribution is 2.62. The van der Waals surface area contributed by atoms with Gasteiger partial charge in [0.25, 0.3) is 11.4 Å². The molecular formula is C67H81N5O12. The van der Waals surface area contributed by atoms with Gasteiger partial charge >= 0.3 is 6.09 Å². The van der Waals surface area contributed by atoms with E-state index in [4.69, 9.17) is 24.2 Å². The van der Waals surface area contributed by atoms with Crippen LogP contribution in [0, 0.1) is 38.0 Å². The van der Waals surface area contributed by atoms with Gasteiger partial charge in [-0.1, -0.05) is 137 Å². The molecule has 5 aromatic rings. The number of nitro benzene ring substituents is 2. The zero-order valence-electron chi connectivity index (χ0n) is 48.3. The number of rotatable bonds is 33. The molecule has 17 nitrogen and oxygen atoms in total. The summed E-state index contributed by atoms with van der Waals surface area (Å²) in [6.07, 6.45) is 22.1. The van der Waals surface area contributed by atoms with E-state index in [1.54, 1.807) is 53.5 Å². The van der Waals surface area contributed by atoms with Crippen molar-refractivity contribution in [1.82, 2.24) is 10.2 Å². The van der Waals surface area contributed by atoms with Crippen LogP contribution in [-0.2, 0) is 27.5 Å². The van der Waals surface area contributed by atoms with Crippen molar-refractivity contribution in [2.45, 2.75) is 147 Å². The monoisotopic (exact) mass is 1150 g/mol. The number of non-ortho nitro benzene ring substituents is 2. The van der Waals surface area contributed by atoms with Gasteiger partial charge in [0.2, 0.25) is 11.7 Å². The Kier molecular flexibility index (Phi) is 23.2. The normalized spacial score (nSPS) is 20.1. The second-order valence-electron chi connectivity index (χ2n) is 22.3. The number of nitrogens with zero attached hydrogens (tertiary/aromatic N) is 4.